The lowest BCUT2D eigenvalue weighted by molar-refractivity contribution is -0.116. The van der Waals surface area contributed by atoms with Crippen LogP contribution in [0.15, 0.2) is 48.5 Å². The lowest BCUT2D eigenvalue weighted by atomic mass is 10.1. The number of nitrogens with one attached hydrogen (secondary N) is 1. The molecule has 0 fully saturated rings. The Hall–Kier alpha value is -3.74. The van der Waals surface area contributed by atoms with E-state index in [1.54, 1.807) is 24.3 Å². The van der Waals surface area contributed by atoms with Gasteiger partial charge in [-0.25, -0.2) is 14.3 Å². The molecule has 1 amide bonds. The maximum Gasteiger partial charge on any atom is 0.337 e. The van der Waals surface area contributed by atoms with Crippen LogP contribution < -0.4 is 5.32 Å². The number of hydrogen-bond donors (Lipinski definition) is 1. The summed E-state index contributed by atoms with van der Waals surface area (Å²) < 4.78 is 6.57. The molecule has 0 aliphatic heterocycles. The quantitative estimate of drug-likeness (QED) is 0.513. The number of fused-ring (bicyclic) bond motifs is 3. The highest BCUT2D eigenvalue weighted by Gasteiger charge is 2.15. The van der Waals surface area contributed by atoms with Gasteiger partial charge in [-0.2, -0.15) is 5.10 Å². The van der Waals surface area contributed by atoms with Crippen LogP contribution in [0.5, 0.6) is 0 Å². The van der Waals surface area contributed by atoms with Crippen molar-refractivity contribution in [3.05, 3.63) is 71.0 Å². The number of anilines is 1. The molecular weight excluding hydrogens is 380 g/mol. The van der Waals surface area contributed by atoms with Gasteiger partial charge in [0.15, 0.2) is 5.65 Å². The van der Waals surface area contributed by atoms with Crippen LogP contribution in [0.3, 0.4) is 0 Å². The molecule has 0 bridgehead atoms. The molecule has 152 valence electrons. The van der Waals surface area contributed by atoms with Crippen molar-refractivity contribution in [1.82, 2.24) is 14.6 Å². The Morgan fingerprint density at radius 2 is 1.90 bits per heavy atom. The zero-order valence-electron chi connectivity index (χ0n) is 17.1. The van der Waals surface area contributed by atoms with Gasteiger partial charge in [0.05, 0.1) is 18.2 Å². The first-order valence-electron chi connectivity index (χ1n) is 9.69. The van der Waals surface area contributed by atoms with Gasteiger partial charge < -0.3 is 10.1 Å². The molecular formula is C23H22N4O3. The molecule has 0 spiro atoms. The van der Waals surface area contributed by atoms with Gasteiger partial charge in [0, 0.05) is 28.9 Å². The SMILES string of the molecule is COC(=O)c1cccc(NC(=O)CCc2c(C)nc3c4ccccc4nn3c2C)c1. The van der Waals surface area contributed by atoms with Crippen molar-refractivity contribution in [3.8, 4) is 0 Å². The predicted octanol–water partition coefficient (Wildman–Crippen LogP) is 3.86. The molecule has 2 heterocycles. The van der Waals surface area contributed by atoms with E-state index in [1.165, 1.54) is 7.11 Å². The van der Waals surface area contributed by atoms with Gasteiger partial charge in [0.1, 0.15) is 0 Å². The van der Waals surface area contributed by atoms with E-state index in [9.17, 15) is 9.59 Å². The second-order valence-electron chi connectivity index (χ2n) is 7.13. The summed E-state index contributed by atoms with van der Waals surface area (Å²) in [4.78, 5) is 28.9. The zero-order chi connectivity index (χ0) is 21.3. The monoisotopic (exact) mass is 402 g/mol. The molecule has 2 aromatic carbocycles. The van der Waals surface area contributed by atoms with E-state index in [1.807, 2.05) is 42.6 Å². The molecule has 0 unspecified atom stereocenters. The number of esters is 1. The van der Waals surface area contributed by atoms with Gasteiger partial charge in [-0.3, -0.25) is 4.79 Å². The van der Waals surface area contributed by atoms with Gasteiger partial charge in [-0.05, 0) is 56.2 Å². The number of benzene rings is 2. The fraction of sp³-hybridized carbons (Fsp3) is 0.217. The highest BCUT2D eigenvalue weighted by molar-refractivity contribution is 5.95. The lowest BCUT2D eigenvalue weighted by Crippen LogP contribution is -2.14. The molecule has 4 aromatic rings. The fourth-order valence-corrected chi connectivity index (χ4v) is 3.64. The average molecular weight is 402 g/mol. The van der Waals surface area contributed by atoms with Crippen molar-refractivity contribution in [1.29, 1.82) is 0 Å². The maximum absolute atomic E-state index is 12.5. The smallest absolute Gasteiger partial charge is 0.337 e. The highest BCUT2D eigenvalue weighted by atomic mass is 16.5. The van der Waals surface area contributed by atoms with Crippen LogP contribution in [-0.4, -0.2) is 33.6 Å². The van der Waals surface area contributed by atoms with E-state index >= 15 is 0 Å². The van der Waals surface area contributed by atoms with Crippen LogP contribution in [-0.2, 0) is 16.0 Å². The van der Waals surface area contributed by atoms with Crippen LogP contribution in [0.25, 0.3) is 16.6 Å². The number of nitrogens with zero attached hydrogens (tertiary/aromatic N) is 3. The van der Waals surface area contributed by atoms with Crippen LogP contribution in [0.1, 0.15) is 33.7 Å². The minimum atomic E-state index is -0.441. The number of ether oxygens (including phenoxy) is 1. The molecule has 0 saturated heterocycles. The van der Waals surface area contributed by atoms with Crippen molar-refractivity contribution in [2.24, 2.45) is 0 Å². The topological polar surface area (TPSA) is 85.6 Å². The Balaban J connectivity index is 1.53. The summed E-state index contributed by atoms with van der Waals surface area (Å²) in [6, 6.07) is 14.6. The Morgan fingerprint density at radius 3 is 2.70 bits per heavy atom. The molecule has 0 atom stereocenters. The first kappa shape index (κ1) is 19.6. The minimum Gasteiger partial charge on any atom is -0.465 e. The number of carbonyl (C=O) groups is 2. The Kier molecular flexibility index (Phi) is 5.18. The second kappa shape index (κ2) is 7.94. The predicted molar refractivity (Wildman–Crippen MR) is 115 cm³/mol. The molecule has 0 aliphatic carbocycles. The number of amides is 1. The Labute approximate surface area is 173 Å². The third-order valence-electron chi connectivity index (χ3n) is 5.19. The van der Waals surface area contributed by atoms with Gasteiger partial charge in [0.2, 0.25) is 5.91 Å². The largest absolute Gasteiger partial charge is 0.465 e. The number of rotatable bonds is 5. The van der Waals surface area contributed by atoms with Crippen molar-refractivity contribution in [2.45, 2.75) is 26.7 Å². The molecule has 0 aliphatic rings. The molecule has 4 rings (SSSR count). The molecule has 1 N–H and O–H groups in total. The molecule has 0 saturated carbocycles. The minimum absolute atomic E-state index is 0.137. The Morgan fingerprint density at radius 1 is 1.10 bits per heavy atom. The van der Waals surface area contributed by atoms with Gasteiger partial charge in [-0.15, -0.1) is 0 Å². The maximum atomic E-state index is 12.5. The number of aryl methyl sites for hydroxylation is 2. The molecule has 30 heavy (non-hydrogen) atoms. The van der Waals surface area contributed by atoms with Crippen molar-refractivity contribution in [3.63, 3.8) is 0 Å². The molecule has 7 nitrogen and oxygen atoms in total. The number of aromatic nitrogens is 3. The molecule has 0 radical (unpaired) electrons. The second-order valence-corrected chi connectivity index (χ2v) is 7.13. The first-order chi connectivity index (χ1) is 14.5. The van der Waals surface area contributed by atoms with Crippen molar-refractivity contribution >= 4 is 34.1 Å². The van der Waals surface area contributed by atoms with Crippen LogP contribution >= 0.6 is 0 Å². The highest BCUT2D eigenvalue weighted by Crippen LogP contribution is 2.23. The Bertz CT molecular complexity index is 1280. The summed E-state index contributed by atoms with van der Waals surface area (Å²) in [5.41, 5.74) is 5.56. The van der Waals surface area contributed by atoms with E-state index in [0.717, 1.165) is 33.5 Å². The third-order valence-corrected chi connectivity index (χ3v) is 5.19. The van der Waals surface area contributed by atoms with E-state index in [4.69, 9.17) is 9.72 Å². The van der Waals surface area contributed by atoms with Crippen LogP contribution in [0.2, 0.25) is 0 Å². The zero-order valence-corrected chi connectivity index (χ0v) is 17.1. The lowest BCUT2D eigenvalue weighted by Gasteiger charge is -2.11. The summed E-state index contributed by atoms with van der Waals surface area (Å²) in [5.74, 6) is -0.579. The van der Waals surface area contributed by atoms with Crippen molar-refractivity contribution in [2.75, 3.05) is 12.4 Å². The van der Waals surface area contributed by atoms with E-state index in [0.29, 0.717) is 17.7 Å². The summed E-state index contributed by atoms with van der Waals surface area (Å²) in [6.45, 7) is 3.96. The van der Waals surface area contributed by atoms with Gasteiger partial charge >= 0.3 is 5.97 Å². The van der Waals surface area contributed by atoms with Crippen LogP contribution in [0.4, 0.5) is 5.69 Å². The average Bonchev–Trinajstić information content (AvgIpc) is 3.12. The van der Waals surface area contributed by atoms with E-state index in [-0.39, 0.29) is 12.3 Å². The van der Waals surface area contributed by atoms with Gasteiger partial charge in [0.25, 0.3) is 0 Å². The first-order valence-corrected chi connectivity index (χ1v) is 9.69. The van der Waals surface area contributed by atoms with Gasteiger partial charge in [-0.1, -0.05) is 18.2 Å². The van der Waals surface area contributed by atoms with E-state index in [2.05, 4.69) is 10.4 Å². The third kappa shape index (κ3) is 3.61. The molecule has 2 aromatic heterocycles. The normalized spacial score (nSPS) is 11.0. The number of methoxy groups -OCH3 is 1. The van der Waals surface area contributed by atoms with E-state index < -0.39 is 5.97 Å². The molecule has 7 heteroatoms. The van der Waals surface area contributed by atoms with Crippen LogP contribution in [0, 0.1) is 13.8 Å². The summed E-state index contributed by atoms with van der Waals surface area (Å²) in [7, 11) is 1.33. The number of carbonyl (C=O) groups excluding carboxylic acids is 2. The number of hydrogen-bond acceptors (Lipinski definition) is 5. The summed E-state index contributed by atoms with van der Waals surface area (Å²) in [5, 5.41) is 8.51. The fourth-order valence-electron chi connectivity index (χ4n) is 3.64. The standard InChI is InChI=1S/C23H22N4O3/c1-14-18(15(2)27-22(24-14)19-9-4-5-10-20(19)26-27)11-12-21(28)25-17-8-6-7-16(13-17)23(29)30-3/h4-10,13H,11-12H2,1-3H3,(H,25,28). The van der Waals surface area contributed by atoms with Crippen molar-refractivity contribution < 1.29 is 14.3 Å². The summed E-state index contributed by atoms with van der Waals surface area (Å²) in [6.07, 6.45) is 0.831. The summed E-state index contributed by atoms with van der Waals surface area (Å²) >= 11 is 0.